The van der Waals surface area contributed by atoms with Gasteiger partial charge in [0.05, 0.1) is 29.3 Å². The second kappa shape index (κ2) is 9.56. The first-order valence-corrected chi connectivity index (χ1v) is 11.9. The highest BCUT2D eigenvalue weighted by molar-refractivity contribution is 7.92. The number of nitrogens with one attached hydrogen (secondary N) is 1. The highest BCUT2D eigenvalue weighted by atomic mass is 32.2. The lowest BCUT2D eigenvalue weighted by atomic mass is 9.98. The average molecular weight is 462 g/mol. The number of sulfonamides is 1. The maximum absolute atomic E-state index is 12.9. The molecule has 1 aliphatic heterocycles. The number of hydrogen-bond donors (Lipinski definition) is 2. The van der Waals surface area contributed by atoms with Crippen LogP contribution in [0.15, 0.2) is 35.4 Å². The van der Waals surface area contributed by atoms with Gasteiger partial charge in [0.15, 0.2) is 0 Å². The molecule has 32 heavy (non-hydrogen) atoms. The van der Waals surface area contributed by atoms with Crippen LogP contribution in [-0.4, -0.2) is 50.1 Å². The molecule has 1 aromatic carbocycles. The minimum atomic E-state index is -3.93. The molecule has 0 bridgehead atoms. The molecule has 0 spiro atoms. The minimum Gasteiger partial charge on any atom is -0.478 e. The number of aromatic nitrogens is 1. The Morgan fingerprint density at radius 1 is 1.28 bits per heavy atom. The van der Waals surface area contributed by atoms with Crippen molar-refractivity contribution in [2.75, 3.05) is 29.3 Å². The molecule has 0 saturated carbocycles. The van der Waals surface area contributed by atoms with E-state index in [-0.39, 0.29) is 40.5 Å². The number of aryl methyl sites for hydroxylation is 2. The van der Waals surface area contributed by atoms with Gasteiger partial charge in [0.25, 0.3) is 10.0 Å². The van der Waals surface area contributed by atoms with Gasteiger partial charge in [-0.05, 0) is 56.9 Å². The maximum Gasteiger partial charge on any atom is 0.339 e. The van der Waals surface area contributed by atoms with Crippen LogP contribution in [0.5, 0.6) is 0 Å². The Labute approximate surface area is 187 Å². The number of aromatic carboxylic acids is 1. The van der Waals surface area contributed by atoms with Crippen molar-refractivity contribution in [1.29, 1.82) is 0 Å². The Morgan fingerprint density at radius 3 is 2.72 bits per heavy atom. The Balaban J connectivity index is 1.89. The maximum atomic E-state index is 12.9. The number of pyridine rings is 1. The van der Waals surface area contributed by atoms with Gasteiger partial charge in [-0.1, -0.05) is 12.1 Å². The van der Waals surface area contributed by atoms with Crippen molar-refractivity contribution >= 4 is 33.5 Å². The van der Waals surface area contributed by atoms with Gasteiger partial charge in [-0.2, -0.15) is 0 Å². The van der Waals surface area contributed by atoms with E-state index in [9.17, 15) is 23.1 Å². The zero-order valence-electron chi connectivity index (χ0n) is 18.3. The Bertz CT molecular complexity index is 1130. The number of nitrogens with zero attached hydrogens (tertiary/aromatic N) is 2. The highest BCUT2D eigenvalue weighted by Crippen LogP contribution is 2.28. The molecule has 2 heterocycles. The van der Waals surface area contributed by atoms with Crippen LogP contribution >= 0.6 is 0 Å². The number of carbonyl (C=O) groups excluding carboxylic acids is 1. The molecule has 1 atom stereocenters. The third-order valence-corrected chi connectivity index (χ3v) is 6.85. The summed E-state index contributed by atoms with van der Waals surface area (Å²) in [5.41, 5.74) is 1.27. The van der Waals surface area contributed by atoms with E-state index < -0.39 is 16.0 Å². The molecule has 0 aliphatic carbocycles. The predicted molar refractivity (Wildman–Crippen MR) is 119 cm³/mol. The summed E-state index contributed by atoms with van der Waals surface area (Å²) in [6.07, 6.45) is 2.63. The summed E-state index contributed by atoms with van der Waals surface area (Å²) < 4.78 is 33.3. The van der Waals surface area contributed by atoms with Crippen LogP contribution in [0.4, 0.5) is 11.5 Å². The van der Waals surface area contributed by atoms with Crippen molar-refractivity contribution in [2.24, 2.45) is 5.92 Å². The van der Waals surface area contributed by atoms with E-state index in [1.54, 1.807) is 37.8 Å². The zero-order chi connectivity index (χ0) is 23.5. The molecule has 0 amide bonds. The van der Waals surface area contributed by atoms with Crippen molar-refractivity contribution in [3.05, 3.63) is 47.2 Å². The van der Waals surface area contributed by atoms with Gasteiger partial charge >= 0.3 is 11.9 Å². The lowest BCUT2D eigenvalue weighted by Crippen LogP contribution is -2.40. The van der Waals surface area contributed by atoms with Crippen LogP contribution < -0.4 is 9.62 Å². The largest absolute Gasteiger partial charge is 0.478 e. The van der Waals surface area contributed by atoms with Crippen molar-refractivity contribution in [2.45, 2.75) is 38.5 Å². The first-order chi connectivity index (χ1) is 15.1. The zero-order valence-corrected chi connectivity index (χ0v) is 19.1. The van der Waals surface area contributed by atoms with Gasteiger partial charge in [0.1, 0.15) is 11.4 Å². The third-order valence-electron chi connectivity index (χ3n) is 5.32. The van der Waals surface area contributed by atoms with Crippen molar-refractivity contribution < 1.29 is 27.9 Å². The lowest BCUT2D eigenvalue weighted by molar-refractivity contribution is -0.148. The van der Waals surface area contributed by atoms with Crippen LogP contribution in [0.1, 0.15) is 41.3 Å². The van der Waals surface area contributed by atoms with Crippen molar-refractivity contribution in [3.63, 3.8) is 0 Å². The molecule has 10 heteroatoms. The molecule has 172 valence electrons. The number of rotatable bonds is 7. The Hall–Kier alpha value is -3.14. The molecule has 2 N–H and O–H groups in total. The van der Waals surface area contributed by atoms with Crippen LogP contribution in [-0.2, 0) is 19.6 Å². The summed E-state index contributed by atoms with van der Waals surface area (Å²) in [5.74, 6) is -1.72. The number of esters is 1. The fourth-order valence-corrected chi connectivity index (χ4v) is 5.12. The number of piperidine rings is 1. The molecule has 0 unspecified atom stereocenters. The van der Waals surface area contributed by atoms with Crippen LogP contribution in [0.25, 0.3) is 0 Å². The summed E-state index contributed by atoms with van der Waals surface area (Å²) in [7, 11) is -3.93. The summed E-state index contributed by atoms with van der Waals surface area (Å²) in [6, 6.07) is 6.34. The van der Waals surface area contributed by atoms with Crippen molar-refractivity contribution in [1.82, 2.24) is 4.98 Å². The molecule has 9 nitrogen and oxygen atoms in total. The molecule has 1 fully saturated rings. The topological polar surface area (TPSA) is 126 Å². The second-order valence-electron chi connectivity index (χ2n) is 7.81. The van der Waals surface area contributed by atoms with E-state index in [2.05, 4.69) is 9.71 Å². The fourth-order valence-electron chi connectivity index (χ4n) is 3.75. The summed E-state index contributed by atoms with van der Waals surface area (Å²) in [5, 5.41) is 9.74. The fraction of sp³-hybridized carbons (Fsp3) is 0.409. The van der Waals surface area contributed by atoms with E-state index in [0.717, 1.165) is 5.56 Å². The van der Waals surface area contributed by atoms with Gasteiger partial charge < -0.3 is 14.7 Å². The first kappa shape index (κ1) is 23.5. The first-order valence-electron chi connectivity index (χ1n) is 10.4. The van der Waals surface area contributed by atoms with Crippen molar-refractivity contribution in [3.8, 4) is 0 Å². The predicted octanol–water partition coefficient (Wildman–Crippen LogP) is 2.98. The SMILES string of the molecule is CCOC(=O)[C@@H]1CCCN(c2ncc(NS(=O)(=O)c3cc(C)ccc3C)cc2C(=O)O)C1. The monoisotopic (exact) mass is 461 g/mol. The van der Waals surface area contributed by atoms with Crippen LogP contribution in [0, 0.1) is 19.8 Å². The molecule has 1 aromatic heterocycles. The third kappa shape index (κ3) is 5.18. The molecule has 0 radical (unpaired) electrons. The smallest absolute Gasteiger partial charge is 0.339 e. The van der Waals surface area contributed by atoms with Gasteiger partial charge in [-0.3, -0.25) is 9.52 Å². The number of carboxylic acids is 1. The molecule has 2 aromatic rings. The normalized spacial score (nSPS) is 16.5. The second-order valence-corrected chi connectivity index (χ2v) is 9.46. The Morgan fingerprint density at radius 2 is 2.03 bits per heavy atom. The van der Waals surface area contributed by atoms with E-state index in [1.807, 2.05) is 6.07 Å². The number of ether oxygens (including phenoxy) is 1. The van der Waals surface area contributed by atoms with E-state index in [4.69, 9.17) is 4.74 Å². The van der Waals surface area contributed by atoms with E-state index >= 15 is 0 Å². The van der Waals surface area contributed by atoms with Gasteiger partial charge in [0.2, 0.25) is 0 Å². The van der Waals surface area contributed by atoms with E-state index in [0.29, 0.717) is 31.5 Å². The number of benzene rings is 1. The summed E-state index contributed by atoms with van der Waals surface area (Å²) >= 11 is 0. The number of carboxylic acid groups (broad SMARTS) is 1. The molecule has 1 aliphatic rings. The number of anilines is 2. The number of carbonyl (C=O) groups is 2. The highest BCUT2D eigenvalue weighted by Gasteiger charge is 2.30. The molecule has 1 saturated heterocycles. The number of hydrogen-bond acceptors (Lipinski definition) is 7. The van der Waals surface area contributed by atoms with Gasteiger partial charge in [-0.15, -0.1) is 0 Å². The molecular formula is C22H27N3O6S. The minimum absolute atomic E-state index is 0.0472. The van der Waals surface area contributed by atoms with Crippen LogP contribution in [0.3, 0.4) is 0 Å². The average Bonchev–Trinajstić information content (AvgIpc) is 2.75. The quantitative estimate of drug-likeness (QED) is 0.603. The molecule has 3 rings (SSSR count). The van der Waals surface area contributed by atoms with E-state index in [1.165, 1.54) is 12.3 Å². The van der Waals surface area contributed by atoms with Crippen LogP contribution in [0.2, 0.25) is 0 Å². The van der Waals surface area contributed by atoms with Gasteiger partial charge in [-0.25, -0.2) is 18.2 Å². The van der Waals surface area contributed by atoms with Gasteiger partial charge in [0, 0.05) is 13.1 Å². The summed E-state index contributed by atoms with van der Waals surface area (Å²) in [4.78, 5) is 30.2. The summed E-state index contributed by atoms with van der Waals surface area (Å²) in [6.45, 7) is 6.33. The Kier molecular flexibility index (Phi) is 7.02. The standard InChI is InChI=1S/C22H27N3O6S/c1-4-31-22(28)16-6-5-9-25(13-16)20-18(21(26)27)11-17(12-23-20)24-32(29,30)19-10-14(2)7-8-15(19)3/h7-8,10-12,16,24H,4-6,9,13H2,1-3H3,(H,26,27)/t16-/m1/s1. The molecular weight excluding hydrogens is 434 g/mol. The lowest BCUT2D eigenvalue weighted by Gasteiger charge is -2.33.